The van der Waals surface area contributed by atoms with Crippen molar-refractivity contribution in [2.75, 3.05) is 0 Å². The van der Waals surface area contributed by atoms with Crippen LogP contribution in [0.3, 0.4) is 0 Å². The van der Waals surface area contributed by atoms with E-state index in [2.05, 4.69) is 0 Å². The van der Waals surface area contributed by atoms with Crippen molar-refractivity contribution in [1.82, 2.24) is 0 Å². The van der Waals surface area contributed by atoms with Crippen LogP contribution in [-0.2, 0) is 9.13 Å². The van der Waals surface area contributed by atoms with Crippen molar-refractivity contribution >= 4 is 152 Å². The Hall–Kier alpha value is 8.77. The molecule has 0 aliphatic heterocycles. The molecule has 0 aliphatic carbocycles. The molecule has 0 aromatic carbocycles. The Balaban J connectivity index is -0.00000000970. The van der Waals surface area contributed by atoms with E-state index in [9.17, 15) is 0 Å². The van der Waals surface area contributed by atoms with Gasteiger partial charge in [0.25, 0.3) is 0 Å². The zero-order valence-electron chi connectivity index (χ0n) is 5.48. The molecule has 0 spiro atoms. The van der Waals surface area contributed by atoms with E-state index in [4.69, 9.17) is 38.5 Å². The van der Waals surface area contributed by atoms with Gasteiger partial charge < -0.3 is 29.4 Å². The Morgan fingerprint density at radius 3 is 0.562 bits per heavy atom. The van der Waals surface area contributed by atoms with Crippen molar-refractivity contribution in [2.24, 2.45) is 0 Å². The van der Waals surface area contributed by atoms with E-state index in [0.717, 1.165) is 0 Å². The first-order chi connectivity index (χ1) is 4.00. The predicted molar refractivity (Wildman–Crippen MR) is 54.2 cm³/mol. The molecule has 0 heterocycles. The van der Waals surface area contributed by atoms with Gasteiger partial charge in [0.1, 0.15) is 0 Å². The molecule has 99 valence electrons. The van der Waals surface area contributed by atoms with Gasteiger partial charge >= 0.3 is 152 Å². The first-order valence-electron chi connectivity index (χ1n) is 1.57. The topological polar surface area (TPSA) is 156 Å². The molecule has 0 bridgehead atoms. The normalized spacial score (nSPS) is 7.38. The molecule has 0 aliphatic rings. The molecule has 1 radical (unpaired) electrons. The first-order valence-corrected chi connectivity index (χ1v) is 4.70. The Bertz CT molecular complexity index is 144. The Kier molecular flexibility index (Phi) is 88.8. The molecule has 0 amide bonds. The fourth-order valence-electron chi connectivity index (χ4n) is 0. The van der Waals surface area contributed by atoms with Crippen molar-refractivity contribution < 1.29 is 163 Å². The van der Waals surface area contributed by atoms with Crippen LogP contribution in [-0.4, -0.2) is 166 Å². The second kappa shape index (κ2) is 28.6. The minimum absolute atomic E-state index is 0. The summed E-state index contributed by atoms with van der Waals surface area (Å²) in [6.07, 6.45) is 0. The quantitative estimate of drug-likeness (QED) is 0.109. The summed E-state index contributed by atoms with van der Waals surface area (Å²) < 4.78 is 17.8. The van der Waals surface area contributed by atoms with Crippen molar-refractivity contribution in [2.45, 2.75) is 0 Å². The fourth-order valence-corrected chi connectivity index (χ4v) is 0. The van der Waals surface area contributed by atoms with Gasteiger partial charge in [-0.15, -0.1) is 0 Å². The van der Waals surface area contributed by atoms with Crippen LogP contribution in [0.4, 0.5) is 0 Å². The van der Waals surface area contributed by atoms with Crippen LogP contribution in [0.1, 0.15) is 0 Å². The molecule has 0 atom stereocenters. The van der Waals surface area contributed by atoms with Crippen LogP contribution < -0.4 is 0 Å². The second-order valence-corrected chi connectivity index (χ2v) is 3.08. The number of hydrogen-bond donors (Lipinski definition) is 6. The van der Waals surface area contributed by atoms with Crippen molar-refractivity contribution in [3.8, 4) is 0 Å². The van der Waals surface area contributed by atoms with E-state index in [1.807, 2.05) is 0 Å². The van der Waals surface area contributed by atoms with E-state index < -0.39 is 15.6 Å². The van der Waals surface area contributed by atoms with Gasteiger partial charge in [-0.3, -0.25) is 0 Å². The van der Waals surface area contributed by atoms with E-state index in [0.29, 0.717) is 0 Å². The van der Waals surface area contributed by atoms with Crippen LogP contribution in [0.15, 0.2) is 0 Å². The number of phosphoric acid groups is 2. The van der Waals surface area contributed by atoms with Gasteiger partial charge in [0.2, 0.25) is 0 Å². The maximum atomic E-state index is 8.88. The Morgan fingerprint density at radius 1 is 0.562 bits per heavy atom. The van der Waals surface area contributed by atoms with Gasteiger partial charge in [-0.1, -0.05) is 0 Å². The van der Waals surface area contributed by atoms with Crippen LogP contribution in [0.5, 0.6) is 0 Å². The van der Waals surface area contributed by atoms with Gasteiger partial charge in [0.15, 0.2) is 0 Å². The van der Waals surface area contributed by atoms with E-state index in [1.54, 1.807) is 0 Å². The molecular formula is H12Ar2EuO8P2Sr3. The standard InChI is InChI=1S/2Ar.Eu.2H3O4P.3Sr.6H/c;;;2*1-5(2,3)4;;;;;;;;;/h;;;2*(H3,1,2,3,4);;;;;;;;;. The predicted octanol–water partition coefficient (Wildman–Crippen LogP) is -4.61. The summed E-state index contributed by atoms with van der Waals surface area (Å²) in [5, 5.41) is 0. The van der Waals surface area contributed by atoms with Gasteiger partial charge in [0.05, 0.1) is 0 Å². The summed E-state index contributed by atoms with van der Waals surface area (Å²) in [6.45, 7) is 0. The molecule has 0 aromatic heterocycles. The molecule has 16 heavy (non-hydrogen) atoms. The Morgan fingerprint density at radius 2 is 0.562 bits per heavy atom. The van der Waals surface area contributed by atoms with Gasteiger partial charge in [-0.25, -0.2) is 9.13 Å². The molecular weight excluding hydrogens is 685 g/mol. The maximum absolute atomic E-state index is 8.88. The molecule has 0 rings (SSSR count). The van der Waals surface area contributed by atoms with E-state index >= 15 is 0 Å². The van der Waals surface area contributed by atoms with E-state index in [-0.39, 0.29) is 261 Å². The summed E-state index contributed by atoms with van der Waals surface area (Å²) in [6, 6.07) is 0. The molecule has 16 heteroatoms. The Labute approximate surface area is 305 Å². The monoisotopic (exact) mass is 699 g/mol. The molecule has 0 aromatic rings. The summed E-state index contributed by atoms with van der Waals surface area (Å²) in [5.41, 5.74) is 0. The molecule has 0 unspecified atom stereocenters. The van der Waals surface area contributed by atoms with Gasteiger partial charge in [0, 0.05) is 125 Å². The zero-order chi connectivity index (χ0) is 9.00. The van der Waals surface area contributed by atoms with Crippen molar-refractivity contribution in [1.29, 1.82) is 0 Å². The SMILES string of the molecule is O=P(O)(O)O.O=P(O)(O)O.[Ar].[Ar].[Eu].[SrH2].[SrH2].[SrH2]. The molecule has 6 N–H and O–H groups in total. The molecule has 0 saturated carbocycles. The van der Waals surface area contributed by atoms with Gasteiger partial charge in [-0.05, 0) is 0 Å². The van der Waals surface area contributed by atoms with Crippen LogP contribution >= 0.6 is 15.6 Å². The minimum atomic E-state index is -4.64. The summed E-state index contributed by atoms with van der Waals surface area (Å²) >= 11 is 0. The summed E-state index contributed by atoms with van der Waals surface area (Å²) in [4.78, 5) is 43.1. The van der Waals surface area contributed by atoms with Gasteiger partial charge in [-0.2, -0.15) is 0 Å². The third-order valence-electron chi connectivity index (χ3n) is 0. The average molecular weight is 697 g/mol. The van der Waals surface area contributed by atoms with Crippen LogP contribution in [0.2, 0.25) is 0 Å². The van der Waals surface area contributed by atoms with Crippen LogP contribution in [0.25, 0.3) is 0 Å². The van der Waals surface area contributed by atoms with Crippen molar-refractivity contribution in [3.63, 3.8) is 0 Å². The zero-order valence-corrected chi connectivity index (χ0v) is 11.1. The average Bonchev–Trinajstić information content (AvgIpc) is 1.12. The number of hydrogen-bond acceptors (Lipinski definition) is 2. The number of rotatable bonds is 0. The third-order valence-corrected chi connectivity index (χ3v) is 0. The first kappa shape index (κ1) is 49.8. The molecule has 0 saturated heterocycles. The third kappa shape index (κ3) is 140. The van der Waals surface area contributed by atoms with Crippen LogP contribution in [0, 0.1) is 125 Å². The summed E-state index contributed by atoms with van der Waals surface area (Å²) in [5.74, 6) is 0. The summed E-state index contributed by atoms with van der Waals surface area (Å²) in [7, 11) is -9.28. The molecule has 8 nitrogen and oxygen atoms in total. The van der Waals surface area contributed by atoms with E-state index in [1.165, 1.54) is 0 Å². The fraction of sp³-hybridized carbons (Fsp3) is 0. The van der Waals surface area contributed by atoms with Crippen molar-refractivity contribution in [3.05, 3.63) is 0 Å². The second-order valence-electron chi connectivity index (χ2n) is 1.03. The molecule has 0 fully saturated rings.